The number of hydrogen-bond donors (Lipinski definition) is 1. The molecule has 0 aromatic heterocycles. The van der Waals surface area contributed by atoms with Gasteiger partial charge in [-0.15, -0.1) is 24.0 Å². The van der Waals surface area contributed by atoms with Crippen LogP contribution in [0, 0.1) is 5.41 Å². The lowest BCUT2D eigenvalue weighted by atomic mass is 9.78. The van der Waals surface area contributed by atoms with E-state index >= 15 is 0 Å². The van der Waals surface area contributed by atoms with Crippen molar-refractivity contribution in [1.82, 2.24) is 10.2 Å². The van der Waals surface area contributed by atoms with Crippen molar-refractivity contribution in [3.8, 4) is 0 Å². The highest BCUT2D eigenvalue weighted by molar-refractivity contribution is 14.0. The highest BCUT2D eigenvalue weighted by Gasteiger charge is 2.31. The second-order valence-electron chi connectivity index (χ2n) is 7.06. The van der Waals surface area contributed by atoms with Crippen LogP contribution in [0.5, 0.6) is 0 Å². The Balaban J connectivity index is 0.00000576. The lowest BCUT2D eigenvalue weighted by Gasteiger charge is -2.42. The summed E-state index contributed by atoms with van der Waals surface area (Å²) in [6.07, 6.45) is 6.17. The fourth-order valence-corrected chi connectivity index (χ4v) is 3.68. The number of hydrogen-bond acceptors (Lipinski definition) is 4. The molecular formula is C17H36IN3O3S. The monoisotopic (exact) mass is 489 g/mol. The van der Waals surface area contributed by atoms with Gasteiger partial charge in [-0.05, 0) is 31.6 Å². The molecular weight excluding hydrogens is 453 g/mol. The third-order valence-electron chi connectivity index (χ3n) is 4.36. The number of likely N-dealkylation sites (tertiary alicyclic amines) is 1. The number of nitrogens with zero attached hydrogens (tertiary/aromatic N) is 2. The van der Waals surface area contributed by atoms with Crippen molar-refractivity contribution >= 4 is 39.8 Å². The van der Waals surface area contributed by atoms with Crippen molar-refractivity contribution in [2.75, 3.05) is 51.4 Å². The molecule has 1 N–H and O–H groups in total. The number of aliphatic imine (C=N–C) groups is 1. The zero-order valence-electron chi connectivity index (χ0n) is 16.2. The number of guanidine groups is 1. The Labute approximate surface area is 171 Å². The summed E-state index contributed by atoms with van der Waals surface area (Å²) in [7, 11) is -2.95. The molecule has 150 valence electrons. The largest absolute Gasteiger partial charge is 0.378 e. The van der Waals surface area contributed by atoms with Crippen molar-refractivity contribution in [3.63, 3.8) is 0 Å². The van der Waals surface area contributed by atoms with Gasteiger partial charge in [0.05, 0.1) is 25.5 Å². The maximum atomic E-state index is 11.1. The predicted octanol–water partition coefficient (Wildman–Crippen LogP) is 2.53. The smallest absolute Gasteiger partial charge is 0.194 e. The molecule has 1 rings (SSSR count). The number of nitrogens with one attached hydrogen (secondary N) is 1. The van der Waals surface area contributed by atoms with Gasteiger partial charge in [0.15, 0.2) is 5.96 Å². The van der Waals surface area contributed by atoms with Gasteiger partial charge in [-0.1, -0.05) is 20.3 Å². The molecule has 1 saturated heterocycles. The molecule has 1 unspecified atom stereocenters. The van der Waals surface area contributed by atoms with Crippen LogP contribution in [0.3, 0.4) is 0 Å². The van der Waals surface area contributed by atoms with Gasteiger partial charge in [0.1, 0.15) is 9.84 Å². The molecule has 8 heteroatoms. The SMILES string of the molecule is CCCC1(C)CCCN(C(=NCCOCCS(C)(=O)=O)NCC)C1.I. The molecule has 1 fully saturated rings. The topological polar surface area (TPSA) is 71.0 Å². The van der Waals surface area contributed by atoms with Crippen LogP contribution in [0.1, 0.15) is 46.5 Å². The minimum Gasteiger partial charge on any atom is -0.378 e. The van der Waals surface area contributed by atoms with E-state index in [-0.39, 0.29) is 36.3 Å². The van der Waals surface area contributed by atoms with Crippen LogP contribution in [0.2, 0.25) is 0 Å². The van der Waals surface area contributed by atoms with Gasteiger partial charge in [-0.3, -0.25) is 4.99 Å². The zero-order chi connectivity index (χ0) is 18.1. The summed E-state index contributed by atoms with van der Waals surface area (Å²) in [6.45, 7) is 10.9. The van der Waals surface area contributed by atoms with Crippen molar-refractivity contribution in [2.24, 2.45) is 10.4 Å². The standard InChI is InChI=1S/C17H35N3O3S.HI/c1-5-8-17(3)9-7-11-20(15-17)16(18-6-2)19-10-12-23-13-14-24(4,21)22;/h5-15H2,1-4H3,(H,18,19);1H. The van der Waals surface area contributed by atoms with Crippen molar-refractivity contribution in [2.45, 2.75) is 46.5 Å². The second-order valence-corrected chi connectivity index (χ2v) is 9.32. The van der Waals surface area contributed by atoms with Crippen LogP contribution in [-0.4, -0.2) is 70.7 Å². The Bertz CT molecular complexity index is 495. The first-order chi connectivity index (χ1) is 11.3. The van der Waals surface area contributed by atoms with Crippen LogP contribution in [0.25, 0.3) is 0 Å². The summed E-state index contributed by atoms with van der Waals surface area (Å²) in [6, 6.07) is 0. The highest BCUT2D eigenvalue weighted by Crippen LogP contribution is 2.33. The summed E-state index contributed by atoms with van der Waals surface area (Å²) >= 11 is 0. The summed E-state index contributed by atoms with van der Waals surface area (Å²) in [4.78, 5) is 7.01. The van der Waals surface area contributed by atoms with Gasteiger partial charge in [-0.25, -0.2) is 8.42 Å². The van der Waals surface area contributed by atoms with Crippen LogP contribution in [0.15, 0.2) is 4.99 Å². The predicted molar refractivity (Wildman–Crippen MR) is 116 cm³/mol. The number of sulfone groups is 1. The minimum atomic E-state index is -2.95. The van der Waals surface area contributed by atoms with Crippen LogP contribution < -0.4 is 5.32 Å². The molecule has 0 amide bonds. The first kappa shape index (κ1) is 24.9. The minimum absolute atomic E-state index is 0. The van der Waals surface area contributed by atoms with E-state index in [1.165, 1.54) is 31.9 Å². The van der Waals surface area contributed by atoms with Gasteiger partial charge in [-0.2, -0.15) is 0 Å². The average Bonchev–Trinajstić information content (AvgIpc) is 2.48. The highest BCUT2D eigenvalue weighted by atomic mass is 127. The maximum absolute atomic E-state index is 11.1. The molecule has 0 saturated carbocycles. The number of piperidine rings is 1. The summed E-state index contributed by atoms with van der Waals surface area (Å²) in [5.74, 6) is 1.02. The van der Waals surface area contributed by atoms with Gasteiger partial charge < -0.3 is 15.0 Å². The molecule has 1 atom stereocenters. The molecule has 0 bridgehead atoms. The van der Waals surface area contributed by atoms with Gasteiger partial charge in [0.25, 0.3) is 0 Å². The fourth-order valence-electron chi connectivity index (χ4n) is 3.26. The van der Waals surface area contributed by atoms with Crippen molar-refractivity contribution < 1.29 is 13.2 Å². The van der Waals surface area contributed by atoms with Gasteiger partial charge >= 0.3 is 0 Å². The Hall–Kier alpha value is -0.0900. The van der Waals surface area contributed by atoms with Gasteiger partial charge in [0, 0.05) is 25.9 Å². The van der Waals surface area contributed by atoms with Crippen molar-refractivity contribution in [1.29, 1.82) is 0 Å². The molecule has 1 heterocycles. The fraction of sp³-hybridized carbons (Fsp3) is 0.941. The summed E-state index contributed by atoms with van der Waals surface area (Å²) in [5.41, 5.74) is 0.370. The lowest BCUT2D eigenvalue weighted by Crippen LogP contribution is -2.50. The van der Waals surface area contributed by atoms with E-state index in [0.717, 1.165) is 25.6 Å². The quantitative estimate of drug-likeness (QED) is 0.233. The third-order valence-corrected chi connectivity index (χ3v) is 5.27. The first-order valence-corrected chi connectivity index (χ1v) is 11.1. The van der Waals surface area contributed by atoms with E-state index in [1.807, 2.05) is 0 Å². The normalized spacial score (nSPS) is 21.8. The molecule has 25 heavy (non-hydrogen) atoms. The van der Waals surface area contributed by atoms with E-state index in [0.29, 0.717) is 18.6 Å². The second kappa shape index (κ2) is 12.3. The molecule has 0 radical (unpaired) electrons. The number of ether oxygens (including phenoxy) is 1. The van der Waals surface area contributed by atoms with E-state index in [4.69, 9.17) is 4.74 Å². The molecule has 0 aliphatic carbocycles. The van der Waals surface area contributed by atoms with Crippen LogP contribution in [0.4, 0.5) is 0 Å². The molecule has 1 aliphatic rings. The Morgan fingerprint density at radius 3 is 2.64 bits per heavy atom. The Morgan fingerprint density at radius 1 is 1.32 bits per heavy atom. The summed E-state index contributed by atoms with van der Waals surface area (Å²) in [5, 5.41) is 3.37. The average molecular weight is 489 g/mol. The maximum Gasteiger partial charge on any atom is 0.194 e. The van der Waals surface area contributed by atoms with Gasteiger partial charge in [0.2, 0.25) is 0 Å². The van der Waals surface area contributed by atoms with E-state index < -0.39 is 9.84 Å². The van der Waals surface area contributed by atoms with E-state index in [9.17, 15) is 8.42 Å². The van der Waals surface area contributed by atoms with Crippen LogP contribution in [-0.2, 0) is 14.6 Å². The third kappa shape index (κ3) is 10.6. The zero-order valence-corrected chi connectivity index (χ0v) is 19.4. The number of rotatable bonds is 9. The molecule has 6 nitrogen and oxygen atoms in total. The van der Waals surface area contributed by atoms with Crippen molar-refractivity contribution in [3.05, 3.63) is 0 Å². The Morgan fingerprint density at radius 2 is 2.04 bits per heavy atom. The van der Waals surface area contributed by atoms with Crippen LogP contribution >= 0.6 is 24.0 Å². The lowest BCUT2D eigenvalue weighted by molar-refractivity contribution is 0.140. The molecule has 1 aliphatic heterocycles. The van der Waals surface area contributed by atoms with E-state index in [1.54, 1.807) is 0 Å². The molecule has 0 aromatic carbocycles. The van der Waals surface area contributed by atoms with E-state index in [2.05, 4.69) is 36.0 Å². The summed E-state index contributed by atoms with van der Waals surface area (Å²) < 4.78 is 27.5. The molecule has 0 aromatic rings. The molecule has 0 spiro atoms. The number of halogens is 1. The first-order valence-electron chi connectivity index (χ1n) is 9.08. The Kier molecular flexibility index (Phi) is 12.3.